The molecule has 0 atom stereocenters. The van der Waals surface area contributed by atoms with Crippen LogP contribution in [0, 0.1) is 17.8 Å². The molecule has 0 radical (unpaired) electrons. The molecule has 2 nitrogen and oxygen atoms in total. The zero-order valence-electron chi connectivity index (χ0n) is 5.84. The van der Waals surface area contributed by atoms with Crippen molar-refractivity contribution in [2.75, 3.05) is 6.54 Å². The molecule has 1 rings (SSSR count). The zero-order valence-corrected chi connectivity index (χ0v) is 5.84. The minimum absolute atomic E-state index is 0.230. The fraction of sp³-hybridized carbons (Fsp3) is 0.125. The van der Waals surface area contributed by atoms with E-state index in [9.17, 15) is 4.39 Å². The molecule has 0 aliphatic carbocycles. The molecule has 0 saturated heterocycles. The van der Waals surface area contributed by atoms with E-state index in [-0.39, 0.29) is 12.1 Å². The normalized spacial score (nSPS) is 8.55. The molecule has 3 heteroatoms. The SMILES string of the molecule is NCC#Cc1cccnc1F. The van der Waals surface area contributed by atoms with Gasteiger partial charge in [-0.2, -0.15) is 4.39 Å². The Morgan fingerprint density at radius 3 is 3.09 bits per heavy atom. The number of hydrogen-bond donors (Lipinski definition) is 1. The van der Waals surface area contributed by atoms with E-state index in [0.29, 0.717) is 0 Å². The highest BCUT2D eigenvalue weighted by atomic mass is 19.1. The highest BCUT2D eigenvalue weighted by molar-refractivity contribution is 5.32. The minimum Gasteiger partial charge on any atom is -0.320 e. The van der Waals surface area contributed by atoms with Crippen LogP contribution < -0.4 is 5.73 Å². The summed E-state index contributed by atoms with van der Waals surface area (Å²) in [7, 11) is 0. The lowest BCUT2D eigenvalue weighted by molar-refractivity contribution is 0.580. The molecule has 0 aliphatic rings. The van der Waals surface area contributed by atoms with Crippen LogP contribution in [-0.2, 0) is 0 Å². The molecule has 0 unspecified atom stereocenters. The summed E-state index contributed by atoms with van der Waals surface area (Å²) in [6, 6.07) is 3.19. The molecule has 0 fully saturated rings. The molecule has 56 valence electrons. The molecular weight excluding hydrogens is 143 g/mol. The van der Waals surface area contributed by atoms with Crippen molar-refractivity contribution in [1.82, 2.24) is 4.98 Å². The van der Waals surface area contributed by atoms with Crippen molar-refractivity contribution in [2.45, 2.75) is 0 Å². The van der Waals surface area contributed by atoms with Gasteiger partial charge < -0.3 is 5.73 Å². The van der Waals surface area contributed by atoms with Gasteiger partial charge in [0.25, 0.3) is 0 Å². The van der Waals surface area contributed by atoms with Gasteiger partial charge in [-0.05, 0) is 12.1 Å². The smallest absolute Gasteiger partial charge is 0.228 e. The molecule has 11 heavy (non-hydrogen) atoms. The predicted octanol–water partition coefficient (Wildman–Crippen LogP) is 0.531. The van der Waals surface area contributed by atoms with Gasteiger partial charge in [-0.1, -0.05) is 11.8 Å². The van der Waals surface area contributed by atoms with Gasteiger partial charge in [0.1, 0.15) is 0 Å². The second-order valence-electron chi connectivity index (χ2n) is 1.85. The van der Waals surface area contributed by atoms with E-state index in [0.717, 1.165) is 0 Å². The zero-order chi connectivity index (χ0) is 8.10. The van der Waals surface area contributed by atoms with Gasteiger partial charge in [-0.3, -0.25) is 0 Å². The molecule has 0 amide bonds. The van der Waals surface area contributed by atoms with Crippen molar-refractivity contribution < 1.29 is 4.39 Å². The highest BCUT2D eigenvalue weighted by Crippen LogP contribution is 1.99. The third kappa shape index (κ3) is 2.03. The van der Waals surface area contributed by atoms with Crippen molar-refractivity contribution >= 4 is 0 Å². The van der Waals surface area contributed by atoms with Crippen LogP contribution in [0.2, 0.25) is 0 Å². The Bertz CT molecular complexity index is 298. The monoisotopic (exact) mass is 150 g/mol. The summed E-state index contributed by atoms with van der Waals surface area (Å²) in [5.74, 6) is 4.56. The standard InChI is InChI=1S/C8H7FN2/c9-8-7(3-1-5-10)4-2-6-11-8/h2,4,6H,5,10H2. The van der Waals surface area contributed by atoms with Crippen LogP contribution in [-0.4, -0.2) is 11.5 Å². The van der Waals surface area contributed by atoms with Gasteiger partial charge in [-0.15, -0.1) is 0 Å². The first kappa shape index (κ1) is 7.70. The van der Waals surface area contributed by atoms with Crippen molar-refractivity contribution in [3.05, 3.63) is 29.8 Å². The lowest BCUT2D eigenvalue weighted by Crippen LogP contribution is -1.94. The lowest BCUT2D eigenvalue weighted by atomic mass is 10.3. The molecule has 0 bridgehead atoms. The van der Waals surface area contributed by atoms with Crippen molar-refractivity contribution in [1.29, 1.82) is 0 Å². The van der Waals surface area contributed by atoms with E-state index < -0.39 is 5.95 Å². The van der Waals surface area contributed by atoms with Crippen LogP contribution >= 0.6 is 0 Å². The second-order valence-corrected chi connectivity index (χ2v) is 1.85. The van der Waals surface area contributed by atoms with Gasteiger partial charge in [0.2, 0.25) is 5.95 Å². The van der Waals surface area contributed by atoms with Crippen LogP contribution in [0.5, 0.6) is 0 Å². The summed E-state index contributed by atoms with van der Waals surface area (Å²) in [6.07, 6.45) is 1.38. The topological polar surface area (TPSA) is 38.9 Å². The number of nitrogens with zero attached hydrogens (tertiary/aromatic N) is 1. The second kappa shape index (κ2) is 3.69. The number of halogens is 1. The number of hydrogen-bond acceptors (Lipinski definition) is 2. The molecule has 1 aromatic rings. The Hall–Kier alpha value is -1.40. The van der Waals surface area contributed by atoms with Gasteiger partial charge in [-0.25, -0.2) is 4.98 Å². The molecule has 0 saturated carbocycles. The maximum atomic E-state index is 12.7. The number of nitrogens with two attached hydrogens (primary N) is 1. The largest absolute Gasteiger partial charge is 0.320 e. The van der Waals surface area contributed by atoms with E-state index in [1.165, 1.54) is 6.20 Å². The summed E-state index contributed by atoms with van der Waals surface area (Å²) in [5, 5.41) is 0. The highest BCUT2D eigenvalue weighted by Gasteiger charge is 1.95. The molecular formula is C8H7FN2. The average molecular weight is 150 g/mol. The molecule has 1 aromatic heterocycles. The minimum atomic E-state index is -0.548. The fourth-order valence-corrected chi connectivity index (χ4v) is 0.626. The van der Waals surface area contributed by atoms with Crippen molar-refractivity contribution in [3.63, 3.8) is 0 Å². The van der Waals surface area contributed by atoms with Gasteiger partial charge in [0.05, 0.1) is 12.1 Å². The summed E-state index contributed by atoms with van der Waals surface area (Å²) < 4.78 is 12.7. The number of aromatic nitrogens is 1. The number of pyridine rings is 1. The maximum absolute atomic E-state index is 12.7. The average Bonchev–Trinajstić information content (AvgIpc) is 2.03. The van der Waals surface area contributed by atoms with E-state index in [4.69, 9.17) is 5.73 Å². The summed E-state index contributed by atoms with van der Waals surface area (Å²) in [4.78, 5) is 3.42. The van der Waals surface area contributed by atoms with Crippen LogP contribution in [0.15, 0.2) is 18.3 Å². The first-order valence-corrected chi connectivity index (χ1v) is 3.14. The van der Waals surface area contributed by atoms with Crippen molar-refractivity contribution in [2.24, 2.45) is 5.73 Å². The Kier molecular flexibility index (Phi) is 2.59. The first-order valence-electron chi connectivity index (χ1n) is 3.14. The molecule has 2 N–H and O–H groups in total. The summed E-state index contributed by atoms with van der Waals surface area (Å²) in [5.41, 5.74) is 5.40. The molecule has 0 aromatic carbocycles. The Morgan fingerprint density at radius 2 is 2.45 bits per heavy atom. The summed E-state index contributed by atoms with van der Waals surface area (Å²) in [6.45, 7) is 0.230. The Morgan fingerprint density at radius 1 is 1.64 bits per heavy atom. The third-order valence-electron chi connectivity index (χ3n) is 1.08. The van der Waals surface area contributed by atoms with Crippen LogP contribution in [0.4, 0.5) is 4.39 Å². The van der Waals surface area contributed by atoms with Crippen LogP contribution in [0.25, 0.3) is 0 Å². The number of rotatable bonds is 0. The Balaban J connectivity index is 2.95. The van der Waals surface area contributed by atoms with Crippen LogP contribution in [0.1, 0.15) is 5.56 Å². The predicted molar refractivity (Wildman–Crippen MR) is 40.1 cm³/mol. The maximum Gasteiger partial charge on any atom is 0.228 e. The lowest BCUT2D eigenvalue weighted by Gasteiger charge is -1.89. The van der Waals surface area contributed by atoms with E-state index in [1.54, 1.807) is 12.1 Å². The third-order valence-corrected chi connectivity index (χ3v) is 1.08. The quantitative estimate of drug-likeness (QED) is 0.433. The fourth-order valence-electron chi connectivity index (χ4n) is 0.626. The van der Waals surface area contributed by atoms with E-state index >= 15 is 0 Å². The van der Waals surface area contributed by atoms with E-state index in [1.807, 2.05) is 0 Å². The van der Waals surface area contributed by atoms with Gasteiger partial charge in [0, 0.05) is 6.20 Å². The van der Waals surface area contributed by atoms with E-state index in [2.05, 4.69) is 16.8 Å². The molecule has 0 aliphatic heterocycles. The van der Waals surface area contributed by atoms with Gasteiger partial charge >= 0.3 is 0 Å². The Labute approximate surface area is 64.3 Å². The molecule has 0 spiro atoms. The van der Waals surface area contributed by atoms with Gasteiger partial charge in [0.15, 0.2) is 0 Å². The first-order chi connectivity index (χ1) is 5.34. The van der Waals surface area contributed by atoms with Crippen molar-refractivity contribution in [3.8, 4) is 11.8 Å². The molecule has 1 heterocycles. The van der Waals surface area contributed by atoms with Crippen LogP contribution in [0.3, 0.4) is 0 Å². The summed E-state index contributed by atoms with van der Waals surface area (Å²) >= 11 is 0.